The van der Waals surface area contributed by atoms with Gasteiger partial charge in [-0.05, 0) is 30.3 Å². The van der Waals surface area contributed by atoms with Gasteiger partial charge in [0, 0.05) is 16.1 Å². The van der Waals surface area contributed by atoms with E-state index in [9.17, 15) is 4.79 Å². The molecule has 1 aromatic carbocycles. The summed E-state index contributed by atoms with van der Waals surface area (Å²) in [5.41, 5.74) is 6.49. The van der Waals surface area contributed by atoms with Crippen LogP contribution in [-0.4, -0.2) is 16.1 Å². The first-order chi connectivity index (χ1) is 10.5. The molecule has 0 unspecified atom stereocenters. The summed E-state index contributed by atoms with van der Waals surface area (Å²) in [6, 6.07) is 8.75. The van der Waals surface area contributed by atoms with Gasteiger partial charge >= 0.3 is 6.09 Å². The van der Waals surface area contributed by atoms with E-state index in [1.54, 1.807) is 30.5 Å². The van der Waals surface area contributed by atoms with E-state index in [1.807, 2.05) is 6.07 Å². The maximum absolute atomic E-state index is 11.1. The maximum Gasteiger partial charge on any atom is 0.411 e. The van der Waals surface area contributed by atoms with Crippen molar-refractivity contribution in [1.29, 1.82) is 0 Å². The smallest absolute Gasteiger partial charge is 0.392 e. The Morgan fingerprint density at radius 2 is 2.14 bits per heavy atom. The van der Waals surface area contributed by atoms with Crippen molar-refractivity contribution < 1.29 is 9.53 Å². The quantitative estimate of drug-likeness (QED) is 0.727. The van der Waals surface area contributed by atoms with Gasteiger partial charge in [0.25, 0.3) is 0 Å². The number of hydrogen-bond donors (Lipinski definition) is 2. The fraction of sp³-hybridized carbons (Fsp3) is 0. The summed E-state index contributed by atoms with van der Waals surface area (Å²) >= 11 is 13.4. The number of benzene rings is 1. The number of nitrogens with zero attached hydrogens (tertiary/aromatic N) is 1. The number of carbonyl (C=O) groups excluding carboxylic acids is 1. The molecule has 0 bridgehead atoms. The van der Waals surface area contributed by atoms with Crippen LogP contribution in [0.1, 0.15) is 0 Å². The van der Waals surface area contributed by atoms with Crippen molar-refractivity contribution in [3.05, 3.63) is 46.6 Å². The normalized spacial score (nSPS) is 10.8. The first-order valence-corrected chi connectivity index (χ1v) is 7.68. The molecule has 0 saturated carbocycles. The molecule has 112 valence electrons. The van der Waals surface area contributed by atoms with Crippen LogP contribution in [0.4, 0.5) is 4.79 Å². The number of amides is 1. The van der Waals surface area contributed by atoms with Gasteiger partial charge in [0.2, 0.25) is 5.88 Å². The van der Waals surface area contributed by atoms with Crippen molar-refractivity contribution in [3.8, 4) is 5.88 Å². The van der Waals surface area contributed by atoms with E-state index in [0.717, 1.165) is 10.4 Å². The van der Waals surface area contributed by atoms with Crippen LogP contribution in [-0.2, 0) is 0 Å². The number of rotatable bonds is 3. The van der Waals surface area contributed by atoms with Crippen LogP contribution in [0, 0.1) is 0 Å². The molecule has 0 fully saturated rings. The van der Waals surface area contributed by atoms with E-state index in [4.69, 9.17) is 33.7 Å². The summed E-state index contributed by atoms with van der Waals surface area (Å²) in [5, 5.41) is 1.04. The average molecular weight is 354 g/mol. The number of hydrogen-bond acceptors (Lipinski definition) is 4. The van der Waals surface area contributed by atoms with Crippen molar-refractivity contribution in [3.63, 3.8) is 0 Å². The van der Waals surface area contributed by atoms with Crippen LogP contribution in [0.25, 0.3) is 11.0 Å². The molecule has 0 atom stereocenters. The van der Waals surface area contributed by atoms with Gasteiger partial charge in [-0.3, -0.25) is 4.98 Å². The standard InChI is InChI=1S/C14H9Cl2N3O2S/c15-7-3-4-10(8(16)6-7)22-12-11-9(2-1-5-18-11)19-13(12)21-14(17)20/h1-6,19H,(H2,17,20). The second kappa shape index (κ2) is 6.08. The van der Waals surface area contributed by atoms with E-state index in [-0.39, 0.29) is 5.88 Å². The lowest BCUT2D eigenvalue weighted by Crippen LogP contribution is -2.16. The summed E-state index contributed by atoms with van der Waals surface area (Å²) in [7, 11) is 0. The van der Waals surface area contributed by atoms with Crippen LogP contribution in [0.5, 0.6) is 5.88 Å². The fourth-order valence-corrected chi connectivity index (χ4v) is 3.39. The molecule has 0 aliphatic rings. The number of aromatic nitrogens is 2. The lowest BCUT2D eigenvalue weighted by molar-refractivity contribution is 0.208. The van der Waals surface area contributed by atoms with Crippen LogP contribution in [0.15, 0.2) is 46.3 Å². The monoisotopic (exact) mass is 353 g/mol. The number of nitrogens with one attached hydrogen (secondary N) is 1. The highest BCUT2D eigenvalue weighted by atomic mass is 35.5. The predicted octanol–water partition coefficient (Wildman–Crippen LogP) is 4.48. The van der Waals surface area contributed by atoms with E-state index in [1.165, 1.54) is 11.8 Å². The minimum Gasteiger partial charge on any atom is -0.392 e. The molecule has 0 saturated heterocycles. The molecule has 3 rings (SSSR count). The number of ether oxygens (including phenoxy) is 1. The van der Waals surface area contributed by atoms with Crippen molar-refractivity contribution in [2.45, 2.75) is 9.79 Å². The summed E-state index contributed by atoms with van der Waals surface area (Å²) < 4.78 is 5.02. The Hall–Kier alpha value is -1.89. The highest BCUT2D eigenvalue weighted by Crippen LogP contribution is 2.42. The number of primary amides is 1. The Morgan fingerprint density at radius 3 is 2.86 bits per heavy atom. The van der Waals surface area contributed by atoms with E-state index < -0.39 is 6.09 Å². The first kappa shape index (κ1) is 15.0. The predicted molar refractivity (Wildman–Crippen MR) is 86.9 cm³/mol. The topological polar surface area (TPSA) is 81.0 Å². The van der Waals surface area contributed by atoms with Gasteiger partial charge < -0.3 is 15.5 Å². The maximum atomic E-state index is 11.1. The number of aromatic amines is 1. The molecule has 0 radical (unpaired) electrons. The van der Waals surface area contributed by atoms with Crippen molar-refractivity contribution in [2.24, 2.45) is 5.73 Å². The zero-order valence-corrected chi connectivity index (χ0v) is 13.3. The highest BCUT2D eigenvalue weighted by molar-refractivity contribution is 7.99. The number of fused-ring (bicyclic) bond motifs is 1. The molecule has 0 aliphatic carbocycles. The number of H-pyrrole nitrogens is 1. The number of halogens is 2. The van der Waals surface area contributed by atoms with Gasteiger partial charge in [-0.15, -0.1) is 0 Å². The van der Waals surface area contributed by atoms with Crippen LogP contribution < -0.4 is 10.5 Å². The summed E-state index contributed by atoms with van der Waals surface area (Å²) in [5.74, 6) is 0.234. The third-order valence-corrected chi connectivity index (χ3v) is 4.60. The summed E-state index contributed by atoms with van der Waals surface area (Å²) in [6.07, 6.45) is 0.744. The van der Waals surface area contributed by atoms with Crippen LogP contribution in [0.3, 0.4) is 0 Å². The lowest BCUT2D eigenvalue weighted by atomic mass is 10.4. The number of carbonyl (C=O) groups is 1. The molecule has 8 heteroatoms. The first-order valence-electron chi connectivity index (χ1n) is 6.11. The number of nitrogens with two attached hydrogens (primary N) is 1. The fourth-order valence-electron chi connectivity index (χ4n) is 1.91. The van der Waals surface area contributed by atoms with Gasteiger partial charge in [-0.1, -0.05) is 35.0 Å². The molecule has 2 aromatic heterocycles. The van der Waals surface area contributed by atoms with Gasteiger partial charge in [0.05, 0.1) is 10.5 Å². The SMILES string of the molecule is NC(=O)Oc1[nH]c2cccnc2c1Sc1ccc(Cl)cc1Cl. The van der Waals surface area contributed by atoms with E-state index in [2.05, 4.69) is 9.97 Å². The molecule has 1 amide bonds. The number of pyridine rings is 1. The van der Waals surface area contributed by atoms with E-state index in [0.29, 0.717) is 20.5 Å². The summed E-state index contributed by atoms with van der Waals surface area (Å²) in [4.78, 5) is 19.7. The minimum absolute atomic E-state index is 0.234. The average Bonchev–Trinajstić information content (AvgIpc) is 2.79. The molecule has 0 spiro atoms. The second-order valence-corrected chi connectivity index (χ2v) is 6.18. The Kier molecular flexibility index (Phi) is 4.15. The Labute approximate surface area is 139 Å². The van der Waals surface area contributed by atoms with Crippen LogP contribution >= 0.6 is 35.0 Å². The van der Waals surface area contributed by atoms with Crippen molar-refractivity contribution >= 4 is 52.1 Å². The van der Waals surface area contributed by atoms with Gasteiger partial charge in [-0.2, -0.15) is 0 Å². The molecule has 3 N–H and O–H groups in total. The largest absolute Gasteiger partial charge is 0.411 e. The van der Waals surface area contributed by atoms with Gasteiger partial charge in [-0.25, -0.2) is 4.79 Å². The van der Waals surface area contributed by atoms with E-state index >= 15 is 0 Å². The second-order valence-electron chi connectivity index (χ2n) is 4.28. The molecule has 3 aromatic rings. The highest BCUT2D eigenvalue weighted by Gasteiger charge is 2.18. The van der Waals surface area contributed by atoms with Crippen molar-refractivity contribution in [1.82, 2.24) is 9.97 Å². The Bertz CT molecular complexity index is 866. The molecule has 2 heterocycles. The van der Waals surface area contributed by atoms with Gasteiger partial charge in [0.1, 0.15) is 10.4 Å². The third-order valence-electron chi connectivity index (χ3n) is 2.79. The molecule has 5 nitrogen and oxygen atoms in total. The molecule has 22 heavy (non-hydrogen) atoms. The van der Waals surface area contributed by atoms with Crippen LogP contribution in [0.2, 0.25) is 10.0 Å². The molecular weight excluding hydrogens is 345 g/mol. The molecule has 0 aliphatic heterocycles. The molecular formula is C14H9Cl2N3O2S. The zero-order valence-electron chi connectivity index (χ0n) is 11.0. The van der Waals surface area contributed by atoms with Gasteiger partial charge in [0.15, 0.2) is 0 Å². The zero-order chi connectivity index (χ0) is 15.7. The lowest BCUT2D eigenvalue weighted by Gasteiger charge is -2.05. The summed E-state index contributed by atoms with van der Waals surface area (Å²) in [6.45, 7) is 0. The Morgan fingerprint density at radius 1 is 1.32 bits per heavy atom. The minimum atomic E-state index is -0.907. The van der Waals surface area contributed by atoms with Crippen molar-refractivity contribution in [2.75, 3.05) is 0 Å². The third kappa shape index (κ3) is 2.99. The Balaban J connectivity index is 2.09.